The topological polar surface area (TPSA) is 72.7 Å². The first-order chi connectivity index (χ1) is 10.9. The maximum atomic E-state index is 12.5. The zero-order chi connectivity index (χ0) is 17.0. The van der Waals surface area contributed by atoms with Gasteiger partial charge >= 0.3 is 0 Å². The van der Waals surface area contributed by atoms with Crippen molar-refractivity contribution in [1.82, 2.24) is 4.90 Å². The summed E-state index contributed by atoms with van der Waals surface area (Å²) in [7, 11) is 3.09. The Morgan fingerprint density at radius 2 is 2.00 bits per heavy atom. The van der Waals surface area contributed by atoms with E-state index in [4.69, 9.17) is 16.3 Å². The van der Waals surface area contributed by atoms with Gasteiger partial charge in [-0.1, -0.05) is 23.7 Å². The predicted molar refractivity (Wildman–Crippen MR) is 86.9 cm³/mol. The quantitative estimate of drug-likeness (QED) is 0.619. The standard InChI is InChI=1S/C16H15ClN2O4/c1-18(16(20)13-5-3-4-6-15(13)23-2)10-11-9-12(19(21)22)7-8-14(11)17/h3-9H,10H2,1-2H3. The number of carbonyl (C=O) groups excluding carboxylic acids is 1. The van der Waals surface area contributed by atoms with Crippen LogP contribution < -0.4 is 4.74 Å². The molecule has 0 atom stereocenters. The fraction of sp³-hybridized carbons (Fsp3) is 0.188. The normalized spacial score (nSPS) is 10.2. The van der Waals surface area contributed by atoms with Crippen molar-refractivity contribution in [2.75, 3.05) is 14.2 Å². The van der Waals surface area contributed by atoms with Crippen LogP contribution in [0.15, 0.2) is 42.5 Å². The molecule has 1 amide bonds. The first-order valence-electron chi connectivity index (χ1n) is 6.75. The van der Waals surface area contributed by atoms with Gasteiger partial charge in [0, 0.05) is 30.7 Å². The molecule has 0 N–H and O–H groups in total. The van der Waals surface area contributed by atoms with E-state index in [0.29, 0.717) is 21.9 Å². The van der Waals surface area contributed by atoms with Gasteiger partial charge in [-0.05, 0) is 23.8 Å². The summed E-state index contributed by atoms with van der Waals surface area (Å²) in [6.07, 6.45) is 0. The summed E-state index contributed by atoms with van der Waals surface area (Å²) < 4.78 is 5.18. The van der Waals surface area contributed by atoms with E-state index in [-0.39, 0.29) is 18.1 Å². The van der Waals surface area contributed by atoms with Gasteiger partial charge in [-0.3, -0.25) is 14.9 Å². The minimum absolute atomic E-state index is 0.0671. The van der Waals surface area contributed by atoms with Crippen molar-refractivity contribution >= 4 is 23.2 Å². The highest BCUT2D eigenvalue weighted by atomic mass is 35.5. The molecule has 0 aliphatic rings. The summed E-state index contributed by atoms with van der Waals surface area (Å²) in [4.78, 5) is 24.3. The van der Waals surface area contributed by atoms with E-state index in [0.717, 1.165) is 0 Å². The first kappa shape index (κ1) is 16.8. The van der Waals surface area contributed by atoms with E-state index < -0.39 is 4.92 Å². The number of hydrogen-bond acceptors (Lipinski definition) is 4. The lowest BCUT2D eigenvalue weighted by Gasteiger charge is -2.19. The van der Waals surface area contributed by atoms with Crippen LogP contribution in [0.3, 0.4) is 0 Å². The molecule has 23 heavy (non-hydrogen) atoms. The molecule has 0 fully saturated rings. The van der Waals surface area contributed by atoms with Gasteiger partial charge in [0.2, 0.25) is 0 Å². The Balaban J connectivity index is 2.25. The van der Waals surface area contributed by atoms with Gasteiger partial charge in [0.1, 0.15) is 5.75 Å². The predicted octanol–water partition coefficient (Wildman–Crippen LogP) is 3.53. The second-order valence-corrected chi connectivity index (χ2v) is 5.30. The summed E-state index contributed by atoms with van der Waals surface area (Å²) in [5.74, 6) is 0.208. The van der Waals surface area contributed by atoms with Gasteiger partial charge in [-0.15, -0.1) is 0 Å². The maximum Gasteiger partial charge on any atom is 0.269 e. The molecule has 0 unspecified atom stereocenters. The lowest BCUT2D eigenvalue weighted by molar-refractivity contribution is -0.384. The lowest BCUT2D eigenvalue weighted by Crippen LogP contribution is -2.26. The number of nitro groups is 1. The third-order valence-electron chi connectivity index (χ3n) is 3.33. The lowest BCUT2D eigenvalue weighted by atomic mass is 10.1. The molecule has 0 aliphatic heterocycles. The smallest absolute Gasteiger partial charge is 0.269 e. The Morgan fingerprint density at radius 3 is 2.65 bits per heavy atom. The van der Waals surface area contributed by atoms with Crippen molar-refractivity contribution in [3.05, 3.63) is 68.7 Å². The fourth-order valence-corrected chi connectivity index (χ4v) is 2.33. The summed E-state index contributed by atoms with van der Waals surface area (Å²) in [5, 5.41) is 11.2. The van der Waals surface area contributed by atoms with Gasteiger partial charge < -0.3 is 9.64 Å². The van der Waals surface area contributed by atoms with E-state index in [1.165, 1.54) is 30.2 Å². The summed E-state index contributed by atoms with van der Waals surface area (Å²) >= 11 is 6.07. The van der Waals surface area contributed by atoms with Crippen molar-refractivity contribution in [1.29, 1.82) is 0 Å². The summed E-state index contributed by atoms with van der Waals surface area (Å²) in [6.45, 7) is 0.150. The minimum Gasteiger partial charge on any atom is -0.496 e. The van der Waals surface area contributed by atoms with E-state index in [1.807, 2.05) is 0 Å². The molecule has 0 aliphatic carbocycles. The van der Waals surface area contributed by atoms with Crippen molar-refractivity contribution in [3.63, 3.8) is 0 Å². The van der Waals surface area contributed by atoms with Crippen LogP contribution in [0.5, 0.6) is 5.75 Å². The number of carbonyl (C=O) groups is 1. The maximum absolute atomic E-state index is 12.5. The monoisotopic (exact) mass is 334 g/mol. The molecule has 0 aromatic heterocycles. The number of rotatable bonds is 5. The number of nitrogens with zero attached hydrogens (tertiary/aromatic N) is 2. The van der Waals surface area contributed by atoms with Crippen LogP contribution in [0.4, 0.5) is 5.69 Å². The highest BCUT2D eigenvalue weighted by Crippen LogP contribution is 2.25. The molecular weight excluding hydrogens is 320 g/mol. The number of ether oxygens (including phenoxy) is 1. The Morgan fingerprint density at radius 1 is 1.30 bits per heavy atom. The molecule has 0 saturated carbocycles. The summed E-state index contributed by atoms with van der Waals surface area (Å²) in [5.41, 5.74) is 0.855. The second kappa shape index (κ2) is 7.11. The number of methoxy groups -OCH3 is 1. The third-order valence-corrected chi connectivity index (χ3v) is 3.70. The Kier molecular flexibility index (Phi) is 5.18. The highest BCUT2D eigenvalue weighted by Gasteiger charge is 2.18. The number of hydrogen-bond donors (Lipinski definition) is 0. The molecule has 2 rings (SSSR count). The van der Waals surface area contributed by atoms with Crippen LogP contribution in [0.2, 0.25) is 5.02 Å². The molecule has 120 valence electrons. The van der Waals surface area contributed by atoms with Gasteiger partial charge in [0.15, 0.2) is 0 Å². The largest absolute Gasteiger partial charge is 0.496 e. The fourth-order valence-electron chi connectivity index (χ4n) is 2.15. The number of halogens is 1. The third kappa shape index (κ3) is 3.78. The van der Waals surface area contributed by atoms with Crippen LogP contribution in [0, 0.1) is 10.1 Å². The zero-order valence-corrected chi connectivity index (χ0v) is 13.4. The second-order valence-electron chi connectivity index (χ2n) is 4.89. The Bertz CT molecular complexity index is 749. The molecule has 2 aromatic rings. The van der Waals surface area contributed by atoms with E-state index in [9.17, 15) is 14.9 Å². The molecule has 0 saturated heterocycles. The van der Waals surface area contributed by atoms with Crippen LogP contribution in [-0.4, -0.2) is 29.9 Å². The van der Waals surface area contributed by atoms with Crippen LogP contribution in [0.25, 0.3) is 0 Å². The highest BCUT2D eigenvalue weighted by molar-refractivity contribution is 6.31. The van der Waals surface area contributed by atoms with Crippen LogP contribution in [-0.2, 0) is 6.54 Å². The Labute approximate surface area is 138 Å². The minimum atomic E-state index is -0.498. The average Bonchev–Trinajstić information content (AvgIpc) is 2.55. The van der Waals surface area contributed by atoms with Crippen molar-refractivity contribution in [2.45, 2.75) is 6.54 Å². The number of amides is 1. The summed E-state index contributed by atoms with van der Waals surface area (Å²) in [6, 6.07) is 11.0. The van der Waals surface area contributed by atoms with Crippen molar-refractivity contribution in [3.8, 4) is 5.75 Å². The number of para-hydroxylation sites is 1. The van der Waals surface area contributed by atoms with Gasteiger partial charge in [-0.2, -0.15) is 0 Å². The van der Waals surface area contributed by atoms with Crippen molar-refractivity contribution in [2.24, 2.45) is 0 Å². The zero-order valence-electron chi connectivity index (χ0n) is 12.7. The molecular formula is C16H15ClN2O4. The van der Waals surface area contributed by atoms with E-state index in [1.54, 1.807) is 31.3 Å². The molecule has 0 bridgehead atoms. The van der Waals surface area contributed by atoms with Gasteiger partial charge in [0.25, 0.3) is 11.6 Å². The molecule has 7 heteroatoms. The molecule has 6 nitrogen and oxygen atoms in total. The first-order valence-corrected chi connectivity index (χ1v) is 7.13. The van der Waals surface area contributed by atoms with Crippen LogP contribution in [0.1, 0.15) is 15.9 Å². The van der Waals surface area contributed by atoms with E-state index in [2.05, 4.69) is 0 Å². The van der Waals surface area contributed by atoms with Gasteiger partial charge in [0.05, 0.1) is 17.6 Å². The Hall–Kier alpha value is -2.60. The molecule has 2 aromatic carbocycles. The number of nitro benzene ring substituents is 1. The van der Waals surface area contributed by atoms with E-state index >= 15 is 0 Å². The number of benzene rings is 2. The molecule has 0 spiro atoms. The number of non-ortho nitro benzene ring substituents is 1. The molecule has 0 radical (unpaired) electrons. The van der Waals surface area contributed by atoms with Crippen LogP contribution >= 0.6 is 11.6 Å². The average molecular weight is 335 g/mol. The molecule has 0 heterocycles. The van der Waals surface area contributed by atoms with Crippen molar-refractivity contribution < 1.29 is 14.5 Å². The van der Waals surface area contributed by atoms with Gasteiger partial charge in [-0.25, -0.2) is 0 Å². The SMILES string of the molecule is COc1ccccc1C(=O)N(C)Cc1cc([N+](=O)[O-])ccc1Cl.